The summed E-state index contributed by atoms with van der Waals surface area (Å²) in [6.07, 6.45) is 7.80. The highest BCUT2D eigenvalue weighted by Crippen LogP contribution is 2.22. The van der Waals surface area contributed by atoms with Crippen LogP contribution in [-0.2, 0) is 16.0 Å². The molecule has 1 heterocycles. The molecule has 124 valence electrons. The number of likely N-dealkylation sites (tertiary alicyclic amines) is 1. The van der Waals surface area contributed by atoms with Gasteiger partial charge in [0, 0.05) is 13.1 Å². The van der Waals surface area contributed by atoms with E-state index in [0.717, 1.165) is 31.5 Å². The molecule has 2 aromatic carbocycles. The van der Waals surface area contributed by atoms with Gasteiger partial charge >= 0.3 is 0 Å². The van der Waals surface area contributed by atoms with E-state index in [2.05, 4.69) is 30.2 Å². The van der Waals surface area contributed by atoms with Gasteiger partial charge in [0.05, 0.1) is 13.0 Å². The van der Waals surface area contributed by atoms with Gasteiger partial charge in [0.1, 0.15) is 6.61 Å². The minimum absolute atomic E-state index is 0.202. The number of rotatable bonds is 5. The van der Waals surface area contributed by atoms with E-state index >= 15 is 0 Å². The molecule has 3 rings (SSSR count). The summed E-state index contributed by atoms with van der Waals surface area (Å²) in [4.78, 5) is 14.7. The third-order valence-corrected chi connectivity index (χ3v) is 4.63. The SMILES string of the molecule is C#CCOCC1CCCN(C(=O)Cc2cccc3ccccc23)C1. The molecule has 1 atom stereocenters. The Hall–Kier alpha value is -2.31. The predicted molar refractivity (Wildman–Crippen MR) is 96.6 cm³/mol. The number of fused-ring (bicyclic) bond motifs is 1. The molecule has 1 aliphatic heterocycles. The fourth-order valence-electron chi connectivity index (χ4n) is 3.43. The second-order valence-corrected chi connectivity index (χ2v) is 6.38. The molecule has 1 saturated heterocycles. The van der Waals surface area contributed by atoms with Crippen molar-refractivity contribution in [1.82, 2.24) is 4.90 Å². The van der Waals surface area contributed by atoms with Crippen molar-refractivity contribution in [3.05, 3.63) is 48.0 Å². The monoisotopic (exact) mass is 321 g/mol. The first-order valence-corrected chi connectivity index (χ1v) is 8.53. The van der Waals surface area contributed by atoms with Crippen LogP contribution in [0.2, 0.25) is 0 Å². The highest BCUT2D eigenvalue weighted by molar-refractivity contribution is 5.90. The first-order chi connectivity index (χ1) is 11.8. The number of carbonyl (C=O) groups is 1. The lowest BCUT2D eigenvalue weighted by atomic mass is 9.97. The fourth-order valence-corrected chi connectivity index (χ4v) is 3.43. The molecule has 0 aliphatic carbocycles. The summed E-state index contributed by atoms with van der Waals surface area (Å²) in [6, 6.07) is 14.4. The van der Waals surface area contributed by atoms with Crippen molar-refractivity contribution in [3.8, 4) is 12.3 Å². The molecule has 2 aromatic rings. The maximum absolute atomic E-state index is 12.7. The molecular formula is C21H23NO2. The highest BCUT2D eigenvalue weighted by Gasteiger charge is 2.24. The van der Waals surface area contributed by atoms with E-state index < -0.39 is 0 Å². The van der Waals surface area contributed by atoms with Gasteiger partial charge in [0.2, 0.25) is 5.91 Å². The molecule has 0 bridgehead atoms. The smallest absolute Gasteiger partial charge is 0.227 e. The van der Waals surface area contributed by atoms with Gasteiger partial charge in [-0.15, -0.1) is 6.42 Å². The van der Waals surface area contributed by atoms with Gasteiger partial charge in [-0.2, -0.15) is 0 Å². The van der Waals surface area contributed by atoms with Crippen LogP contribution in [0.3, 0.4) is 0 Å². The van der Waals surface area contributed by atoms with Crippen molar-refractivity contribution in [2.75, 3.05) is 26.3 Å². The van der Waals surface area contributed by atoms with E-state index in [1.54, 1.807) is 0 Å². The van der Waals surface area contributed by atoms with E-state index in [9.17, 15) is 4.79 Å². The molecule has 0 spiro atoms. The zero-order valence-electron chi connectivity index (χ0n) is 13.9. The molecule has 1 fully saturated rings. The molecule has 1 aliphatic rings. The number of hydrogen-bond donors (Lipinski definition) is 0. The van der Waals surface area contributed by atoms with Gasteiger partial charge in [0.15, 0.2) is 0 Å². The van der Waals surface area contributed by atoms with Crippen LogP contribution in [0, 0.1) is 18.3 Å². The molecule has 0 aromatic heterocycles. The maximum atomic E-state index is 12.7. The summed E-state index contributed by atoms with van der Waals surface area (Å²) >= 11 is 0. The average molecular weight is 321 g/mol. The van der Waals surface area contributed by atoms with Gasteiger partial charge in [-0.25, -0.2) is 0 Å². The Morgan fingerprint density at radius 2 is 2.08 bits per heavy atom. The zero-order valence-corrected chi connectivity index (χ0v) is 13.9. The number of carbonyl (C=O) groups excluding carboxylic acids is 1. The molecular weight excluding hydrogens is 298 g/mol. The minimum Gasteiger partial charge on any atom is -0.368 e. The Bertz CT molecular complexity index is 742. The molecule has 0 N–H and O–H groups in total. The van der Waals surface area contributed by atoms with Crippen molar-refractivity contribution in [2.45, 2.75) is 19.3 Å². The lowest BCUT2D eigenvalue weighted by molar-refractivity contribution is -0.132. The summed E-state index contributed by atoms with van der Waals surface area (Å²) < 4.78 is 5.45. The van der Waals surface area contributed by atoms with Crippen molar-refractivity contribution in [2.24, 2.45) is 5.92 Å². The van der Waals surface area contributed by atoms with E-state index in [0.29, 0.717) is 25.6 Å². The molecule has 0 radical (unpaired) electrons. The van der Waals surface area contributed by atoms with Gasteiger partial charge in [-0.1, -0.05) is 48.4 Å². The number of ether oxygens (including phenoxy) is 1. The lowest BCUT2D eigenvalue weighted by Gasteiger charge is -2.32. The van der Waals surface area contributed by atoms with Crippen LogP contribution in [-0.4, -0.2) is 37.1 Å². The molecule has 3 nitrogen and oxygen atoms in total. The summed E-state index contributed by atoms with van der Waals surface area (Å²) in [6.45, 7) is 2.60. The molecule has 3 heteroatoms. The van der Waals surface area contributed by atoms with Crippen LogP contribution < -0.4 is 0 Å². The van der Waals surface area contributed by atoms with Crippen LogP contribution in [0.1, 0.15) is 18.4 Å². The lowest BCUT2D eigenvalue weighted by Crippen LogP contribution is -2.42. The van der Waals surface area contributed by atoms with Crippen molar-refractivity contribution in [1.29, 1.82) is 0 Å². The van der Waals surface area contributed by atoms with E-state index in [-0.39, 0.29) is 5.91 Å². The summed E-state index contributed by atoms with van der Waals surface area (Å²) in [5.74, 6) is 3.08. The quantitative estimate of drug-likeness (QED) is 0.625. The molecule has 0 saturated carbocycles. The van der Waals surface area contributed by atoms with Crippen LogP contribution in [0.15, 0.2) is 42.5 Å². The third kappa shape index (κ3) is 3.96. The second-order valence-electron chi connectivity index (χ2n) is 6.38. The van der Waals surface area contributed by atoms with Crippen LogP contribution >= 0.6 is 0 Å². The Balaban J connectivity index is 1.64. The standard InChI is InChI=1S/C21H23NO2/c1-2-13-24-16-17-7-6-12-22(15-17)21(23)14-19-10-5-9-18-8-3-4-11-20(18)19/h1,3-5,8-11,17H,6-7,12-16H2. The number of amides is 1. The Labute approximate surface area is 143 Å². The molecule has 1 amide bonds. The topological polar surface area (TPSA) is 29.5 Å². The Morgan fingerprint density at radius 3 is 2.96 bits per heavy atom. The number of piperidine rings is 1. The Kier molecular flexibility index (Phi) is 5.51. The maximum Gasteiger partial charge on any atom is 0.227 e. The normalized spacial score (nSPS) is 17.6. The predicted octanol–water partition coefficient (Wildman–Crippen LogP) is 3.27. The van der Waals surface area contributed by atoms with Crippen molar-refractivity contribution >= 4 is 16.7 Å². The number of hydrogen-bond acceptors (Lipinski definition) is 2. The average Bonchev–Trinajstić information content (AvgIpc) is 2.62. The largest absolute Gasteiger partial charge is 0.368 e. The first-order valence-electron chi connectivity index (χ1n) is 8.53. The van der Waals surface area contributed by atoms with E-state index in [4.69, 9.17) is 11.2 Å². The van der Waals surface area contributed by atoms with Gasteiger partial charge in [-0.3, -0.25) is 4.79 Å². The summed E-state index contributed by atoms with van der Waals surface area (Å²) in [7, 11) is 0. The molecule has 24 heavy (non-hydrogen) atoms. The van der Waals surface area contributed by atoms with Gasteiger partial charge in [-0.05, 0) is 35.1 Å². The fraction of sp³-hybridized carbons (Fsp3) is 0.381. The minimum atomic E-state index is 0.202. The van der Waals surface area contributed by atoms with E-state index in [1.165, 1.54) is 10.8 Å². The highest BCUT2D eigenvalue weighted by atomic mass is 16.5. The zero-order chi connectivity index (χ0) is 16.8. The van der Waals surface area contributed by atoms with Gasteiger partial charge in [0.25, 0.3) is 0 Å². The third-order valence-electron chi connectivity index (χ3n) is 4.63. The van der Waals surface area contributed by atoms with Crippen LogP contribution in [0.25, 0.3) is 10.8 Å². The Morgan fingerprint density at radius 1 is 1.25 bits per heavy atom. The number of nitrogens with zero attached hydrogens (tertiary/aromatic N) is 1. The number of benzene rings is 2. The van der Waals surface area contributed by atoms with Crippen molar-refractivity contribution < 1.29 is 9.53 Å². The summed E-state index contributed by atoms with van der Waals surface area (Å²) in [5, 5.41) is 2.35. The molecule has 1 unspecified atom stereocenters. The van der Waals surface area contributed by atoms with E-state index in [1.807, 2.05) is 23.1 Å². The second kappa shape index (κ2) is 7.99. The summed E-state index contributed by atoms with van der Waals surface area (Å²) in [5.41, 5.74) is 1.10. The van der Waals surface area contributed by atoms with Crippen LogP contribution in [0.5, 0.6) is 0 Å². The van der Waals surface area contributed by atoms with Crippen molar-refractivity contribution in [3.63, 3.8) is 0 Å². The first kappa shape index (κ1) is 16.5. The van der Waals surface area contributed by atoms with Gasteiger partial charge < -0.3 is 9.64 Å². The van der Waals surface area contributed by atoms with Crippen LogP contribution in [0.4, 0.5) is 0 Å². The number of terminal acetylenes is 1.